The van der Waals surface area contributed by atoms with E-state index >= 15 is 0 Å². The van der Waals surface area contributed by atoms with Gasteiger partial charge in [-0.15, -0.1) is 0 Å². The molecule has 0 saturated carbocycles. The summed E-state index contributed by atoms with van der Waals surface area (Å²) < 4.78 is 0. The van der Waals surface area contributed by atoms with Gasteiger partial charge < -0.3 is 5.32 Å². The van der Waals surface area contributed by atoms with E-state index in [1.165, 1.54) is 0 Å². The molecular weight excluding hydrogens is 186 g/mol. The van der Waals surface area contributed by atoms with Gasteiger partial charge in [-0.3, -0.25) is 4.79 Å². The summed E-state index contributed by atoms with van der Waals surface area (Å²) in [5.74, 6) is 0.120. The maximum Gasteiger partial charge on any atom is 0.224 e. The van der Waals surface area contributed by atoms with Gasteiger partial charge in [0.15, 0.2) is 0 Å². The topological polar surface area (TPSA) is 29.1 Å². The number of rotatable bonds is 5. The fourth-order valence-corrected chi connectivity index (χ4v) is 1.55. The van der Waals surface area contributed by atoms with Gasteiger partial charge in [0.1, 0.15) is 0 Å². The van der Waals surface area contributed by atoms with Gasteiger partial charge >= 0.3 is 0 Å². The summed E-state index contributed by atoms with van der Waals surface area (Å²) in [4.78, 5) is 11.6. The van der Waals surface area contributed by atoms with E-state index in [1.807, 2.05) is 30.3 Å². The van der Waals surface area contributed by atoms with Gasteiger partial charge in [0.25, 0.3) is 0 Å². The van der Waals surface area contributed by atoms with Crippen molar-refractivity contribution in [3.05, 3.63) is 35.9 Å². The summed E-state index contributed by atoms with van der Waals surface area (Å²) in [6, 6.07) is 10.2. The highest BCUT2D eigenvalue weighted by Gasteiger charge is 2.08. The average molecular weight is 205 g/mol. The van der Waals surface area contributed by atoms with Crippen LogP contribution in [-0.4, -0.2) is 11.9 Å². The Balaban J connectivity index is 2.43. The molecule has 2 nitrogen and oxygen atoms in total. The van der Waals surface area contributed by atoms with E-state index in [-0.39, 0.29) is 5.91 Å². The summed E-state index contributed by atoms with van der Waals surface area (Å²) in [6.45, 7) is 4.19. The van der Waals surface area contributed by atoms with Crippen molar-refractivity contribution < 1.29 is 4.79 Å². The molecule has 0 atom stereocenters. The van der Waals surface area contributed by atoms with E-state index in [4.69, 9.17) is 0 Å². The van der Waals surface area contributed by atoms with Crippen molar-refractivity contribution in [2.75, 3.05) is 0 Å². The Morgan fingerprint density at radius 2 is 1.80 bits per heavy atom. The predicted molar refractivity (Wildman–Crippen MR) is 62.7 cm³/mol. The van der Waals surface area contributed by atoms with Crippen LogP contribution in [0.3, 0.4) is 0 Å². The Bertz CT molecular complexity index is 291. The number of nitrogens with one attached hydrogen (secondary N) is 1. The second kappa shape index (κ2) is 6.23. The second-order valence-corrected chi connectivity index (χ2v) is 3.74. The number of carbonyl (C=O) groups excluding carboxylic acids is 1. The van der Waals surface area contributed by atoms with E-state index < -0.39 is 0 Å². The minimum atomic E-state index is 0.120. The molecule has 0 aliphatic carbocycles. The maximum absolute atomic E-state index is 11.6. The zero-order valence-electron chi connectivity index (χ0n) is 9.49. The van der Waals surface area contributed by atoms with Gasteiger partial charge in [-0.25, -0.2) is 0 Å². The molecule has 0 heterocycles. The van der Waals surface area contributed by atoms with Crippen LogP contribution >= 0.6 is 0 Å². The molecule has 0 saturated heterocycles. The molecule has 0 aromatic heterocycles. The maximum atomic E-state index is 11.6. The third-order valence-electron chi connectivity index (χ3n) is 2.56. The lowest BCUT2D eigenvalue weighted by Crippen LogP contribution is -2.34. The van der Waals surface area contributed by atoms with Crippen LogP contribution in [0.5, 0.6) is 0 Å². The van der Waals surface area contributed by atoms with Crippen LogP contribution in [0.2, 0.25) is 0 Å². The Kier molecular flexibility index (Phi) is 4.88. The Labute approximate surface area is 91.7 Å². The summed E-state index contributed by atoms with van der Waals surface area (Å²) in [6.07, 6.45) is 2.48. The summed E-state index contributed by atoms with van der Waals surface area (Å²) in [7, 11) is 0. The fourth-order valence-electron chi connectivity index (χ4n) is 1.55. The molecular formula is C13H19NO. The normalized spacial score (nSPS) is 10.3. The lowest BCUT2D eigenvalue weighted by molar-refractivity contribution is -0.121. The Morgan fingerprint density at radius 1 is 1.20 bits per heavy atom. The highest BCUT2D eigenvalue weighted by Crippen LogP contribution is 2.01. The van der Waals surface area contributed by atoms with Crippen LogP contribution in [0.1, 0.15) is 32.3 Å². The summed E-state index contributed by atoms with van der Waals surface area (Å²) in [5, 5.41) is 3.03. The SMILES string of the molecule is CCC(CC)NC(=O)Cc1ccccc1. The smallest absolute Gasteiger partial charge is 0.224 e. The summed E-state index contributed by atoms with van der Waals surface area (Å²) >= 11 is 0. The first kappa shape index (κ1) is 11.8. The molecule has 0 unspecified atom stereocenters. The largest absolute Gasteiger partial charge is 0.353 e. The van der Waals surface area contributed by atoms with Crippen LogP contribution in [0.4, 0.5) is 0 Å². The van der Waals surface area contributed by atoms with Gasteiger partial charge in [-0.05, 0) is 18.4 Å². The lowest BCUT2D eigenvalue weighted by atomic mass is 10.1. The van der Waals surface area contributed by atoms with Crippen molar-refractivity contribution in [1.29, 1.82) is 0 Å². The highest BCUT2D eigenvalue weighted by atomic mass is 16.1. The van der Waals surface area contributed by atoms with Gasteiger partial charge in [0.05, 0.1) is 6.42 Å². The second-order valence-electron chi connectivity index (χ2n) is 3.74. The van der Waals surface area contributed by atoms with E-state index in [0.717, 1.165) is 18.4 Å². The molecule has 0 spiro atoms. The van der Waals surface area contributed by atoms with Gasteiger partial charge in [0, 0.05) is 6.04 Å². The van der Waals surface area contributed by atoms with E-state index in [1.54, 1.807) is 0 Å². The van der Waals surface area contributed by atoms with Crippen LogP contribution in [-0.2, 0) is 11.2 Å². The molecule has 0 bridgehead atoms. The predicted octanol–water partition coefficient (Wildman–Crippen LogP) is 2.53. The molecule has 1 amide bonds. The summed E-state index contributed by atoms with van der Waals surface area (Å²) in [5.41, 5.74) is 1.07. The molecule has 82 valence electrons. The monoisotopic (exact) mass is 205 g/mol. The quantitative estimate of drug-likeness (QED) is 0.786. The number of amides is 1. The molecule has 0 fully saturated rings. The molecule has 0 radical (unpaired) electrons. The molecule has 1 N–H and O–H groups in total. The van der Waals surface area contributed by atoms with Crippen molar-refractivity contribution >= 4 is 5.91 Å². The van der Waals surface area contributed by atoms with Crippen molar-refractivity contribution in [2.45, 2.75) is 39.2 Å². The fraction of sp³-hybridized carbons (Fsp3) is 0.462. The number of hydrogen-bond donors (Lipinski definition) is 1. The minimum absolute atomic E-state index is 0.120. The molecule has 1 aromatic carbocycles. The van der Waals surface area contributed by atoms with Crippen LogP contribution in [0.15, 0.2) is 30.3 Å². The molecule has 1 rings (SSSR count). The highest BCUT2D eigenvalue weighted by molar-refractivity contribution is 5.78. The Morgan fingerprint density at radius 3 is 2.33 bits per heavy atom. The molecule has 1 aromatic rings. The van der Waals surface area contributed by atoms with Crippen molar-refractivity contribution in [1.82, 2.24) is 5.32 Å². The molecule has 15 heavy (non-hydrogen) atoms. The Hall–Kier alpha value is -1.31. The van der Waals surface area contributed by atoms with Gasteiger partial charge in [-0.2, -0.15) is 0 Å². The first-order chi connectivity index (χ1) is 7.26. The first-order valence-corrected chi connectivity index (χ1v) is 5.59. The zero-order chi connectivity index (χ0) is 11.1. The number of benzene rings is 1. The van der Waals surface area contributed by atoms with Gasteiger partial charge in [0.2, 0.25) is 5.91 Å². The van der Waals surface area contributed by atoms with Crippen LogP contribution < -0.4 is 5.32 Å². The lowest BCUT2D eigenvalue weighted by Gasteiger charge is -2.14. The van der Waals surface area contributed by atoms with Crippen molar-refractivity contribution in [2.24, 2.45) is 0 Å². The van der Waals surface area contributed by atoms with E-state index in [2.05, 4.69) is 19.2 Å². The third kappa shape index (κ3) is 4.15. The first-order valence-electron chi connectivity index (χ1n) is 5.59. The van der Waals surface area contributed by atoms with Crippen molar-refractivity contribution in [3.8, 4) is 0 Å². The molecule has 0 aliphatic rings. The van der Waals surface area contributed by atoms with Gasteiger partial charge in [-0.1, -0.05) is 44.2 Å². The van der Waals surface area contributed by atoms with Crippen LogP contribution in [0, 0.1) is 0 Å². The molecule has 2 heteroatoms. The van der Waals surface area contributed by atoms with Crippen LogP contribution in [0.25, 0.3) is 0 Å². The van der Waals surface area contributed by atoms with E-state index in [9.17, 15) is 4.79 Å². The van der Waals surface area contributed by atoms with Crippen molar-refractivity contribution in [3.63, 3.8) is 0 Å². The zero-order valence-corrected chi connectivity index (χ0v) is 9.49. The minimum Gasteiger partial charge on any atom is -0.353 e. The molecule has 0 aliphatic heterocycles. The third-order valence-corrected chi connectivity index (χ3v) is 2.56. The number of carbonyl (C=O) groups is 1. The number of hydrogen-bond acceptors (Lipinski definition) is 1. The van der Waals surface area contributed by atoms with E-state index in [0.29, 0.717) is 12.5 Å². The standard InChI is InChI=1S/C13H19NO/c1-3-12(4-2)14-13(15)10-11-8-6-5-7-9-11/h5-9,12H,3-4,10H2,1-2H3,(H,14,15). The average Bonchev–Trinajstić information content (AvgIpc) is 2.27.